The van der Waals surface area contributed by atoms with E-state index in [1.165, 1.54) is 23.1 Å². The second-order valence-electron chi connectivity index (χ2n) is 5.00. The van der Waals surface area contributed by atoms with Crippen LogP contribution in [0.4, 0.5) is 8.78 Å². The molecule has 0 saturated heterocycles. The number of benzene rings is 1. The zero-order valence-electron chi connectivity index (χ0n) is 12.8. The van der Waals surface area contributed by atoms with Crippen LogP contribution in [0.3, 0.4) is 0 Å². The van der Waals surface area contributed by atoms with Gasteiger partial charge < -0.3 is 14.1 Å². The van der Waals surface area contributed by atoms with Gasteiger partial charge in [-0.05, 0) is 42.8 Å². The Morgan fingerprint density at radius 3 is 2.52 bits per heavy atom. The highest BCUT2D eigenvalue weighted by Gasteiger charge is 2.08. The molecular formula is C17H17F2NO3. The Labute approximate surface area is 133 Å². The number of ether oxygens (including phenoxy) is 1. The molecule has 1 amide bonds. The molecule has 0 aliphatic carbocycles. The number of carbonyl (C=O) groups excluding carboxylic acids is 1. The SMILES string of the molecule is Cc1ccc(/C=C/C(=O)N(C)Cc2ccc(OC(F)F)cc2)o1. The van der Waals surface area contributed by atoms with Crippen molar-refractivity contribution < 1.29 is 22.7 Å². The molecule has 1 aromatic carbocycles. The van der Waals surface area contributed by atoms with Gasteiger partial charge in [0.15, 0.2) is 0 Å². The summed E-state index contributed by atoms with van der Waals surface area (Å²) in [6.07, 6.45) is 3.03. The normalized spacial score (nSPS) is 11.2. The second kappa shape index (κ2) is 7.58. The number of nitrogens with zero attached hydrogens (tertiary/aromatic N) is 1. The van der Waals surface area contributed by atoms with Crippen LogP contribution in [0.15, 0.2) is 46.9 Å². The lowest BCUT2D eigenvalue weighted by Gasteiger charge is -2.15. The van der Waals surface area contributed by atoms with Crippen molar-refractivity contribution in [1.29, 1.82) is 0 Å². The molecule has 1 aromatic heterocycles. The van der Waals surface area contributed by atoms with Crippen molar-refractivity contribution >= 4 is 12.0 Å². The lowest BCUT2D eigenvalue weighted by molar-refractivity contribution is -0.125. The van der Waals surface area contributed by atoms with Crippen LogP contribution in [0.25, 0.3) is 6.08 Å². The monoisotopic (exact) mass is 321 g/mol. The average Bonchev–Trinajstić information content (AvgIpc) is 2.92. The number of hydrogen-bond donors (Lipinski definition) is 0. The Balaban J connectivity index is 1.91. The van der Waals surface area contributed by atoms with E-state index in [2.05, 4.69) is 4.74 Å². The number of carbonyl (C=O) groups is 1. The van der Waals surface area contributed by atoms with E-state index in [0.717, 1.165) is 11.3 Å². The minimum atomic E-state index is -2.85. The molecule has 2 aromatic rings. The average molecular weight is 321 g/mol. The molecule has 4 nitrogen and oxygen atoms in total. The summed E-state index contributed by atoms with van der Waals surface area (Å²) in [7, 11) is 1.66. The van der Waals surface area contributed by atoms with Gasteiger partial charge in [0.1, 0.15) is 17.3 Å². The third kappa shape index (κ3) is 5.25. The van der Waals surface area contributed by atoms with Crippen molar-refractivity contribution in [2.24, 2.45) is 0 Å². The smallest absolute Gasteiger partial charge is 0.387 e. The summed E-state index contributed by atoms with van der Waals surface area (Å²) < 4.78 is 33.8. The summed E-state index contributed by atoms with van der Waals surface area (Å²) in [5.74, 6) is 1.28. The molecule has 0 atom stereocenters. The first kappa shape index (κ1) is 16.7. The Hall–Kier alpha value is -2.63. The van der Waals surface area contributed by atoms with Gasteiger partial charge in [-0.15, -0.1) is 0 Å². The topological polar surface area (TPSA) is 42.7 Å². The van der Waals surface area contributed by atoms with Gasteiger partial charge in [-0.3, -0.25) is 4.79 Å². The van der Waals surface area contributed by atoms with Gasteiger partial charge >= 0.3 is 6.61 Å². The van der Waals surface area contributed by atoms with Gasteiger partial charge in [0, 0.05) is 19.7 Å². The van der Waals surface area contributed by atoms with E-state index < -0.39 is 6.61 Å². The molecule has 0 N–H and O–H groups in total. The first-order chi connectivity index (χ1) is 10.9. The third-order valence-electron chi connectivity index (χ3n) is 3.10. The highest BCUT2D eigenvalue weighted by Crippen LogP contribution is 2.16. The van der Waals surface area contributed by atoms with Gasteiger partial charge in [0.25, 0.3) is 0 Å². The maximum absolute atomic E-state index is 12.1. The van der Waals surface area contributed by atoms with Gasteiger partial charge in [0.05, 0.1) is 0 Å². The Morgan fingerprint density at radius 1 is 1.26 bits per heavy atom. The van der Waals surface area contributed by atoms with Gasteiger partial charge in [0.2, 0.25) is 5.91 Å². The molecule has 1 heterocycles. The lowest BCUT2D eigenvalue weighted by Crippen LogP contribution is -2.24. The molecule has 6 heteroatoms. The van der Waals surface area contributed by atoms with E-state index in [9.17, 15) is 13.6 Å². The quantitative estimate of drug-likeness (QED) is 0.759. The van der Waals surface area contributed by atoms with Crippen LogP contribution < -0.4 is 4.74 Å². The summed E-state index contributed by atoms with van der Waals surface area (Å²) in [6.45, 7) is -0.664. The minimum absolute atomic E-state index is 0.0887. The fraction of sp³-hybridized carbons (Fsp3) is 0.235. The van der Waals surface area contributed by atoms with Crippen LogP contribution in [0.2, 0.25) is 0 Å². The van der Waals surface area contributed by atoms with Crippen molar-refractivity contribution in [1.82, 2.24) is 4.90 Å². The van der Waals surface area contributed by atoms with E-state index in [1.54, 1.807) is 31.3 Å². The molecule has 0 radical (unpaired) electrons. The largest absolute Gasteiger partial charge is 0.462 e. The number of aryl methyl sites for hydroxylation is 1. The van der Waals surface area contributed by atoms with Crippen LogP contribution in [-0.2, 0) is 11.3 Å². The molecule has 0 fully saturated rings. The molecule has 0 aliphatic rings. The fourth-order valence-electron chi connectivity index (χ4n) is 1.95. The number of likely N-dealkylation sites (N-methyl/N-ethyl adjacent to an activating group) is 1. The first-order valence-electron chi connectivity index (χ1n) is 6.97. The molecule has 0 unspecified atom stereocenters. The molecule has 0 saturated carbocycles. The van der Waals surface area contributed by atoms with E-state index in [0.29, 0.717) is 12.3 Å². The summed E-state index contributed by atoms with van der Waals surface area (Å²) in [5, 5.41) is 0. The van der Waals surface area contributed by atoms with Crippen molar-refractivity contribution in [3.05, 3.63) is 59.6 Å². The molecule has 2 rings (SSSR count). The predicted molar refractivity (Wildman–Crippen MR) is 82.0 cm³/mol. The van der Waals surface area contributed by atoms with E-state index >= 15 is 0 Å². The van der Waals surface area contributed by atoms with Crippen molar-refractivity contribution in [3.63, 3.8) is 0 Å². The minimum Gasteiger partial charge on any atom is -0.462 e. The van der Waals surface area contributed by atoms with Crippen molar-refractivity contribution in [3.8, 4) is 5.75 Å². The maximum atomic E-state index is 12.1. The molecular weight excluding hydrogens is 304 g/mol. The van der Waals surface area contributed by atoms with E-state index in [-0.39, 0.29) is 11.7 Å². The fourth-order valence-corrected chi connectivity index (χ4v) is 1.95. The highest BCUT2D eigenvalue weighted by molar-refractivity contribution is 5.91. The van der Waals surface area contributed by atoms with Crippen LogP contribution in [0.5, 0.6) is 5.75 Å². The highest BCUT2D eigenvalue weighted by atomic mass is 19.3. The summed E-state index contributed by atoms with van der Waals surface area (Å²) in [4.78, 5) is 13.5. The van der Waals surface area contributed by atoms with Crippen LogP contribution in [-0.4, -0.2) is 24.5 Å². The van der Waals surface area contributed by atoms with Crippen LogP contribution >= 0.6 is 0 Å². The number of hydrogen-bond acceptors (Lipinski definition) is 3. The Morgan fingerprint density at radius 2 is 1.96 bits per heavy atom. The second-order valence-corrected chi connectivity index (χ2v) is 5.00. The van der Waals surface area contributed by atoms with Gasteiger partial charge in [-0.25, -0.2) is 0 Å². The zero-order valence-corrected chi connectivity index (χ0v) is 12.8. The molecule has 0 aliphatic heterocycles. The summed E-state index contributed by atoms with van der Waals surface area (Å²) in [6, 6.07) is 9.77. The number of furan rings is 1. The number of rotatable bonds is 6. The van der Waals surface area contributed by atoms with Crippen LogP contribution in [0, 0.1) is 6.92 Å². The van der Waals surface area contributed by atoms with Crippen molar-refractivity contribution in [2.75, 3.05) is 7.05 Å². The summed E-state index contributed by atoms with van der Waals surface area (Å²) >= 11 is 0. The Bertz CT molecular complexity index is 677. The number of amides is 1. The lowest BCUT2D eigenvalue weighted by atomic mass is 10.2. The number of alkyl halides is 2. The van der Waals surface area contributed by atoms with Crippen LogP contribution in [0.1, 0.15) is 17.1 Å². The van der Waals surface area contributed by atoms with E-state index in [4.69, 9.17) is 4.42 Å². The molecule has 0 bridgehead atoms. The molecule has 0 spiro atoms. The predicted octanol–water partition coefficient (Wildman–Crippen LogP) is 3.86. The molecule has 122 valence electrons. The number of halogens is 2. The van der Waals surface area contributed by atoms with Gasteiger partial charge in [-0.1, -0.05) is 12.1 Å². The Kier molecular flexibility index (Phi) is 5.51. The zero-order chi connectivity index (χ0) is 16.8. The van der Waals surface area contributed by atoms with Gasteiger partial charge in [-0.2, -0.15) is 8.78 Å². The van der Waals surface area contributed by atoms with Crippen molar-refractivity contribution in [2.45, 2.75) is 20.1 Å². The third-order valence-corrected chi connectivity index (χ3v) is 3.10. The van der Waals surface area contributed by atoms with E-state index in [1.807, 2.05) is 13.0 Å². The molecule has 23 heavy (non-hydrogen) atoms. The maximum Gasteiger partial charge on any atom is 0.387 e. The first-order valence-corrected chi connectivity index (χ1v) is 6.97. The summed E-state index contributed by atoms with van der Waals surface area (Å²) in [5.41, 5.74) is 0.810. The standard InChI is InChI=1S/C17H17F2NO3/c1-12-3-6-14(22-12)9-10-16(21)20(2)11-13-4-7-15(8-5-13)23-17(18)19/h3-10,17H,11H2,1-2H3/b10-9+.